The van der Waals surface area contributed by atoms with E-state index >= 15 is 0 Å². The Kier molecular flexibility index (Phi) is 5.41. The van der Waals surface area contributed by atoms with E-state index in [9.17, 15) is 4.79 Å². The molecule has 0 saturated heterocycles. The zero-order valence-electron chi connectivity index (χ0n) is 13.9. The summed E-state index contributed by atoms with van der Waals surface area (Å²) in [5, 5.41) is 0.669. The number of rotatable bonds is 6. The first-order chi connectivity index (χ1) is 12.0. The summed E-state index contributed by atoms with van der Waals surface area (Å²) in [6.07, 6.45) is 3.20. The van der Waals surface area contributed by atoms with Crippen molar-refractivity contribution in [2.45, 2.75) is 20.5 Å². The van der Waals surface area contributed by atoms with Crippen molar-refractivity contribution < 1.29 is 13.9 Å². The van der Waals surface area contributed by atoms with E-state index in [4.69, 9.17) is 20.8 Å². The Morgan fingerprint density at radius 2 is 2.04 bits per heavy atom. The van der Waals surface area contributed by atoms with Gasteiger partial charge in [-0.3, -0.25) is 4.79 Å². The SMILES string of the molecule is Cc1ccc(C(=O)/C=C/c2ccc(COc3cccc(Cl)c3C)o2)s1. The average Bonchev–Trinajstić information content (AvgIpc) is 3.23. The number of carbonyl (C=O) groups is 1. The number of ketones is 1. The van der Waals surface area contributed by atoms with Crippen molar-refractivity contribution in [3.05, 3.63) is 80.4 Å². The van der Waals surface area contributed by atoms with Crippen molar-refractivity contribution in [2.75, 3.05) is 0 Å². The fourth-order valence-electron chi connectivity index (χ4n) is 2.26. The van der Waals surface area contributed by atoms with Crippen LogP contribution >= 0.6 is 22.9 Å². The van der Waals surface area contributed by atoms with Crippen LogP contribution in [0.3, 0.4) is 0 Å². The van der Waals surface area contributed by atoms with Gasteiger partial charge in [0.05, 0.1) is 4.88 Å². The summed E-state index contributed by atoms with van der Waals surface area (Å²) in [6, 6.07) is 13.0. The summed E-state index contributed by atoms with van der Waals surface area (Å²) in [7, 11) is 0. The van der Waals surface area contributed by atoms with Crippen LogP contribution in [0.2, 0.25) is 5.02 Å². The van der Waals surface area contributed by atoms with Crippen molar-refractivity contribution in [1.29, 1.82) is 0 Å². The Balaban J connectivity index is 1.61. The van der Waals surface area contributed by atoms with Gasteiger partial charge in [-0.2, -0.15) is 0 Å². The van der Waals surface area contributed by atoms with E-state index in [0.717, 1.165) is 21.1 Å². The van der Waals surface area contributed by atoms with Gasteiger partial charge in [0.1, 0.15) is 23.9 Å². The monoisotopic (exact) mass is 372 g/mol. The molecule has 5 heteroatoms. The maximum absolute atomic E-state index is 12.1. The third-order valence-corrected chi connectivity index (χ3v) is 5.08. The largest absolute Gasteiger partial charge is 0.485 e. The topological polar surface area (TPSA) is 39.4 Å². The Bertz CT molecular complexity index is 921. The molecule has 2 heterocycles. The second-order valence-electron chi connectivity index (χ2n) is 5.56. The molecule has 3 nitrogen and oxygen atoms in total. The molecule has 0 saturated carbocycles. The highest BCUT2D eigenvalue weighted by Crippen LogP contribution is 2.26. The van der Waals surface area contributed by atoms with Crippen LogP contribution < -0.4 is 4.74 Å². The fourth-order valence-corrected chi connectivity index (χ4v) is 3.22. The third kappa shape index (κ3) is 4.41. The number of hydrogen-bond acceptors (Lipinski definition) is 4. The van der Waals surface area contributed by atoms with Gasteiger partial charge in [-0.15, -0.1) is 11.3 Å². The molecule has 0 fully saturated rings. The first kappa shape index (κ1) is 17.5. The molecule has 0 radical (unpaired) electrons. The van der Waals surface area contributed by atoms with Crippen LogP contribution in [0.5, 0.6) is 5.75 Å². The van der Waals surface area contributed by atoms with Crippen LogP contribution in [0.25, 0.3) is 6.08 Å². The van der Waals surface area contributed by atoms with E-state index in [-0.39, 0.29) is 5.78 Å². The maximum atomic E-state index is 12.1. The van der Waals surface area contributed by atoms with Crippen LogP contribution in [-0.4, -0.2) is 5.78 Å². The minimum absolute atomic E-state index is 0.0261. The molecule has 0 spiro atoms. The third-order valence-electron chi connectivity index (χ3n) is 3.65. The fraction of sp³-hybridized carbons (Fsp3) is 0.150. The van der Waals surface area contributed by atoms with Crippen molar-refractivity contribution >= 4 is 34.8 Å². The number of carbonyl (C=O) groups excluding carboxylic acids is 1. The van der Waals surface area contributed by atoms with Crippen molar-refractivity contribution in [2.24, 2.45) is 0 Å². The van der Waals surface area contributed by atoms with Crippen molar-refractivity contribution in [3.8, 4) is 5.75 Å². The van der Waals surface area contributed by atoms with E-state index in [1.807, 2.05) is 56.3 Å². The van der Waals surface area contributed by atoms with Gasteiger partial charge >= 0.3 is 0 Å². The molecule has 0 bridgehead atoms. The lowest BCUT2D eigenvalue weighted by Gasteiger charge is -2.08. The van der Waals surface area contributed by atoms with Crippen LogP contribution in [-0.2, 0) is 6.61 Å². The van der Waals surface area contributed by atoms with E-state index in [1.165, 1.54) is 17.4 Å². The molecule has 0 N–H and O–H groups in total. The number of aryl methyl sites for hydroxylation is 1. The number of furan rings is 1. The molecule has 1 aromatic carbocycles. The Morgan fingerprint density at radius 1 is 1.20 bits per heavy atom. The lowest BCUT2D eigenvalue weighted by molar-refractivity contribution is 0.105. The van der Waals surface area contributed by atoms with E-state index in [2.05, 4.69) is 0 Å². The Labute approximate surface area is 155 Å². The van der Waals surface area contributed by atoms with E-state index in [1.54, 1.807) is 6.08 Å². The molecule has 0 aliphatic carbocycles. The van der Waals surface area contributed by atoms with Gasteiger partial charge < -0.3 is 9.15 Å². The summed E-state index contributed by atoms with van der Waals surface area (Å²) in [6.45, 7) is 4.19. The van der Waals surface area contributed by atoms with Gasteiger partial charge in [0.15, 0.2) is 5.78 Å². The predicted octanol–water partition coefficient (Wildman–Crippen LogP) is 6.09. The number of benzene rings is 1. The highest BCUT2D eigenvalue weighted by molar-refractivity contribution is 7.14. The first-order valence-electron chi connectivity index (χ1n) is 7.78. The highest BCUT2D eigenvalue weighted by atomic mass is 35.5. The van der Waals surface area contributed by atoms with Gasteiger partial charge in [-0.05, 0) is 62.4 Å². The van der Waals surface area contributed by atoms with Crippen LogP contribution in [0.4, 0.5) is 0 Å². The molecule has 128 valence electrons. The average molecular weight is 373 g/mol. The van der Waals surface area contributed by atoms with Gasteiger partial charge in [0, 0.05) is 15.5 Å². The zero-order chi connectivity index (χ0) is 17.8. The summed E-state index contributed by atoms with van der Waals surface area (Å²) < 4.78 is 11.4. The van der Waals surface area contributed by atoms with Crippen LogP contribution in [0, 0.1) is 13.8 Å². The minimum atomic E-state index is -0.0261. The standard InChI is InChI=1S/C20H17ClO3S/c1-13-6-11-20(25-13)18(22)10-9-15-7-8-16(24-15)12-23-19-5-3-4-17(21)14(19)2/h3-11H,12H2,1-2H3/b10-9+. The number of thiophene rings is 1. The summed E-state index contributed by atoms with van der Waals surface area (Å²) in [4.78, 5) is 13.9. The molecular formula is C20H17ClO3S. The number of hydrogen-bond donors (Lipinski definition) is 0. The number of halogens is 1. The Hall–Kier alpha value is -2.30. The van der Waals surface area contributed by atoms with Gasteiger partial charge in [-0.25, -0.2) is 0 Å². The lowest BCUT2D eigenvalue weighted by atomic mass is 10.2. The summed E-state index contributed by atoms with van der Waals surface area (Å²) in [5.74, 6) is 1.99. The number of allylic oxidation sites excluding steroid dienone is 1. The van der Waals surface area contributed by atoms with Crippen LogP contribution in [0.1, 0.15) is 31.6 Å². The molecule has 0 amide bonds. The Morgan fingerprint density at radius 3 is 2.80 bits per heavy atom. The zero-order valence-corrected chi connectivity index (χ0v) is 15.5. The smallest absolute Gasteiger partial charge is 0.195 e. The van der Waals surface area contributed by atoms with Crippen molar-refractivity contribution in [1.82, 2.24) is 0 Å². The molecule has 0 aliphatic rings. The maximum Gasteiger partial charge on any atom is 0.195 e. The molecule has 25 heavy (non-hydrogen) atoms. The van der Waals surface area contributed by atoms with Gasteiger partial charge in [0.2, 0.25) is 0 Å². The minimum Gasteiger partial charge on any atom is -0.485 e. The second-order valence-corrected chi connectivity index (χ2v) is 7.26. The van der Waals surface area contributed by atoms with Gasteiger partial charge in [0.25, 0.3) is 0 Å². The van der Waals surface area contributed by atoms with Gasteiger partial charge in [-0.1, -0.05) is 17.7 Å². The van der Waals surface area contributed by atoms with E-state index in [0.29, 0.717) is 23.2 Å². The number of ether oxygens (including phenoxy) is 1. The normalized spacial score (nSPS) is 11.2. The first-order valence-corrected chi connectivity index (χ1v) is 8.98. The molecular weight excluding hydrogens is 356 g/mol. The molecule has 2 aromatic heterocycles. The second kappa shape index (κ2) is 7.72. The lowest BCUT2D eigenvalue weighted by Crippen LogP contribution is -1.95. The molecule has 0 aliphatic heterocycles. The molecule has 3 rings (SSSR count). The quantitative estimate of drug-likeness (QED) is 0.388. The van der Waals surface area contributed by atoms with Crippen molar-refractivity contribution in [3.63, 3.8) is 0 Å². The molecule has 0 unspecified atom stereocenters. The van der Waals surface area contributed by atoms with E-state index < -0.39 is 0 Å². The summed E-state index contributed by atoms with van der Waals surface area (Å²) in [5.41, 5.74) is 0.896. The molecule has 0 atom stereocenters. The summed E-state index contributed by atoms with van der Waals surface area (Å²) >= 11 is 7.56. The predicted molar refractivity (Wildman–Crippen MR) is 102 cm³/mol. The molecule has 3 aromatic rings. The highest BCUT2D eigenvalue weighted by Gasteiger charge is 2.07. The van der Waals surface area contributed by atoms with Crippen LogP contribution in [0.15, 0.2) is 53.0 Å².